The summed E-state index contributed by atoms with van der Waals surface area (Å²) in [6, 6.07) is 0. The Morgan fingerprint density at radius 2 is 0.489 bits per heavy atom. The van der Waals surface area contributed by atoms with E-state index in [1.54, 1.807) is 41.5 Å². The van der Waals surface area contributed by atoms with Gasteiger partial charge >= 0.3 is 77.6 Å². The second kappa shape index (κ2) is 114. The monoisotopic (exact) mass is 1890 g/mol. The van der Waals surface area contributed by atoms with Gasteiger partial charge in [-0.3, -0.25) is 0 Å². The molecule has 770 valence electrons. The highest BCUT2D eigenvalue weighted by Gasteiger charge is 2.16. The minimum Gasteiger partial charge on any atom is -0.463 e. The van der Waals surface area contributed by atoms with Gasteiger partial charge in [-0.15, -0.1) is 0 Å². The zero-order valence-electron chi connectivity index (χ0n) is 87.6. The minimum atomic E-state index is -0.344. The lowest BCUT2D eigenvalue weighted by Crippen LogP contribution is -2.19. The molecule has 1 aliphatic rings. The van der Waals surface area contributed by atoms with Crippen LogP contribution in [-0.4, -0.2) is 162 Å². The van der Waals surface area contributed by atoms with Crippen LogP contribution in [0.2, 0.25) is 0 Å². The van der Waals surface area contributed by atoms with Crippen molar-refractivity contribution in [3.05, 3.63) is 161 Å². The molecule has 1 rings (SSSR count). The lowest BCUT2D eigenvalue weighted by atomic mass is 9.98. The third kappa shape index (κ3) is 145. The maximum Gasteiger partial charge on any atom is 0.333 e. The van der Waals surface area contributed by atoms with E-state index in [-0.39, 0.29) is 95.9 Å². The van der Waals surface area contributed by atoms with Gasteiger partial charge in [0.2, 0.25) is 0 Å². The summed E-state index contributed by atoms with van der Waals surface area (Å²) in [5, 5.41) is 0. The molecule has 0 amide bonds. The Balaban J connectivity index is -0.000000119. The number of ether oxygens (including phenoxy) is 13. The summed E-state index contributed by atoms with van der Waals surface area (Å²) >= 11 is 0. The van der Waals surface area contributed by atoms with Crippen molar-refractivity contribution in [1.29, 1.82) is 0 Å². The fourth-order valence-electron chi connectivity index (χ4n) is 7.34. The largest absolute Gasteiger partial charge is 0.463 e. The SMILES string of the molecule is C=C(C)C(=O)OC(C)CC.C=C(C)C(=O)OCC(C)C.C=C(C)C(=O)OCCC(C)C.C=C(C)C(=O)OCCCC.C=C(C)C(=O)OCCCCC.C=C(C)C(=O)OCCCCCC.C=CC(=O)OC(C)CC.C=CC(=O)OC1CCCCC1.C=CC(=O)OCC(C)C.C=CC(=O)OCCC(C)C.C=CC(=O)OCCCC.C=CC(=O)OCCCCC.C=CC(=O)OCCCCCC. The van der Waals surface area contributed by atoms with Gasteiger partial charge in [0.15, 0.2) is 0 Å². The van der Waals surface area contributed by atoms with Crippen molar-refractivity contribution < 1.29 is 124 Å². The van der Waals surface area contributed by atoms with Crippen molar-refractivity contribution in [3.63, 3.8) is 0 Å². The average molecular weight is 1890 g/mol. The summed E-state index contributed by atoms with van der Waals surface area (Å²) in [5.41, 5.74) is 2.80. The highest BCUT2D eigenvalue weighted by atomic mass is 16.6. The summed E-state index contributed by atoms with van der Waals surface area (Å²) in [4.78, 5) is 138. The van der Waals surface area contributed by atoms with Crippen LogP contribution < -0.4 is 0 Å². The van der Waals surface area contributed by atoms with Gasteiger partial charge < -0.3 is 61.6 Å². The van der Waals surface area contributed by atoms with Crippen LogP contribution in [0.1, 0.15) is 340 Å². The molecule has 133 heavy (non-hydrogen) atoms. The van der Waals surface area contributed by atoms with Crippen LogP contribution in [-0.2, 0) is 124 Å². The molecule has 0 spiro atoms. The molecule has 0 aliphatic heterocycles. The quantitative estimate of drug-likeness (QED) is 0.0236. The lowest BCUT2D eigenvalue weighted by molar-refractivity contribution is -0.145. The molecule has 1 saturated carbocycles. The van der Waals surface area contributed by atoms with Crippen molar-refractivity contribution in [2.75, 3.05) is 66.1 Å². The Labute approximate surface area is 806 Å². The molecule has 0 bridgehead atoms. The Morgan fingerprint density at radius 1 is 0.256 bits per heavy atom. The highest BCUT2D eigenvalue weighted by molar-refractivity contribution is 5.89. The van der Waals surface area contributed by atoms with Gasteiger partial charge in [-0.05, 0) is 169 Å². The fraction of sp³-hybridized carbons (Fsp3) is 0.636. The van der Waals surface area contributed by atoms with Crippen LogP contribution in [0, 0.1) is 23.7 Å². The number of hydrogen-bond donors (Lipinski definition) is 0. The maximum atomic E-state index is 10.9. The summed E-state index contributed by atoms with van der Waals surface area (Å²) in [6.45, 7) is 95.4. The average Bonchev–Trinajstić information content (AvgIpc) is 0.937. The Morgan fingerprint density at radius 3 is 0.767 bits per heavy atom. The van der Waals surface area contributed by atoms with E-state index < -0.39 is 0 Å². The lowest BCUT2D eigenvalue weighted by Gasteiger charge is -2.20. The number of esters is 13. The topological polar surface area (TPSA) is 342 Å². The third-order valence-electron chi connectivity index (χ3n) is 15.8. The second-order valence-corrected chi connectivity index (χ2v) is 31.9. The van der Waals surface area contributed by atoms with Gasteiger partial charge in [-0.1, -0.05) is 280 Å². The third-order valence-corrected chi connectivity index (χ3v) is 15.8. The van der Waals surface area contributed by atoms with E-state index in [1.807, 2.05) is 62.3 Å². The van der Waals surface area contributed by atoms with E-state index in [4.69, 9.17) is 56.8 Å². The maximum absolute atomic E-state index is 10.9. The molecule has 0 N–H and O–H groups in total. The van der Waals surface area contributed by atoms with Crippen molar-refractivity contribution >= 4 is 77.6 Å². The van der Waals surface area contributed by atoms with Gasteiger partial charge in [0.25, 0.3) is 0 Å². The molecule has 0 saturated heterocycles. The molecular weight excluding hydrogens is 1700 g/mol. The van der Waals surface area contributed by atoms with Crippen LogP contribution in [0.3, 0.4) is 0 Å². The van der Waals surface area contributed by atoms with Crippen LogP contribution in [0.5, 0.6) is 0 Å². The predicted octanol–water partition coefficient (Wildman–Crippen LogP) is 25.1. The molecule has 26 nitrogen and oxygen atoms in total. The zero-order chi connectivity index (χ0) is 105. The first-order valence-corrected chi connectivity index (χ1v) is 47.1. The van der Waals surface area contributed by atoms with Gasteiger partial charge in [-0.2, -0.15) is 0 Å². The molecule has 2 unspecified atom stereocenters. The van der Waals surface area contributed by atoms with E-state index in [1.165, 1.54) is 87.5 Å². The molecule has 2 atom stereocenters. The standard InChI is InChI=1S/C10H18O2.C9H14O2.3C9H16O2.5C8H14O2.3C7H12O2/c1-4-5-6-7-8-12-10(11)9(2)3;1-2-9(10)11-8-6-4-3-5-7-8;1-7(2)5-6-11-9(10)8(3)4;1-4-5-6-7-11-9(10)8(2)3;1-3-5-6-7-8-11-9(10)4-2;1-6(2)5-10-8(9)7(3)4;1-5-7(4)10-8(9)6(2)3;1-4-8(9)10-6-5-7(2)3;1-4-5-6-10-8(9)7(2)3;1-3-5-6-7-10-8(9)4-2;1-4-7(8)9-5-6(2)3;1-4-6(3)9-7(8)5-2;1-3-5-6-9-7(8)4-2/h2,4-8H2,1,3H3;2,8H,1,3-7H2;7H,3,5-6H2,1-2,4H3;2,4-7H2,1,3H3;4H,2-3,5-8H2,1H3;6H,3,5H2,1-2,4H3;7H,2,5H2,1,3-4H3;4,7H,1,5-6H2,2-3H3;2,4-6H2,1,3H3;4H,2-3,5-7H2,1H3;4,6H,1,5H2,2-3H3;5-6H,2,4H2,1,3H3;4H,2-3,5-6H2,1H3. The predicted molar refractivity (Wildman–Crippen MR) is 540 cm³/mol. The van der Waals surface area contributed by atoms with E-state index in [0.717, 1.165) is 128 Å². The number of rotatable bonds is 52. The molecule has 0 radical (unpaired) electrons. The molecule has 26 heteroatoms. The normalized spacial score (nSPS) is 10.5. The minimum absolute atomic E-state index is 0.00389. The van der Waals surface area contributed by atoms with Crippen LogP contribution in [0.15, 0.2) is 161 Å². The Hall–Kier alpha value is -10.3. The number of hydrogen-bond acceptors (Lipinski definition) is 26. The summed E-state index contributed by atoms with van der Waals surface area (Å²) in [7, 11) is 0. The van der Waals surface area contributed by atoms with Crippen molar-refractivity contribution in [2.24, 2.45) is 23.7 Å². The highest BCUT2D eigenvalue weighted by Crippen LogP contribution is 2.20. The Bertz CT molecular complexity index is 3150. The number of unbranched alkanes of at least 4 members (excludes halogenated alkanes) is 12. The molecular formula is C107H186O26. The second-order valence-electron chi connectivity index (χ2n) is 31.9. The van der Waals surface area contributed by atoms with Crippen molar-refractivity contribution in [2.45, 2.75) is 358 Å². The molecule has 1 aliphatic carbocycles. The van der Waals surface area contributed by atoms with Gasteiger partial charge in [0.05, 0.1) is 78.3 Å². The van der Waals surface area contributed by atoms with E-state index in [9.17, 15) is 62.3 Å². The van der Waals surface area contributed by atoms with Crippen LogP contribution >= 0.6 is 0 Å². The van der Waals surface area contributed by atoms with Crippen molar-refractivity contribution in [3.8, 4) is 0 Å². The zero-order valence-corrected chi connectivity index (χ0v) is 87.6. The van der Waals surface area contributed by atoms with Gasteiger partial charge in [-0.25, -0.2) is 62.3 Å². The Kier molecular flexibility index (Phi) is 127. The smallest absolute Gasteiger partial charge is 0.333 e. The molecule has 1 fully saturated rings. The van der Waals surface area contributed by atoms with Gasteiger partial charge in [0.1, 0.15) is 6.10 Å². The van der Waals surface area contributed by atoms with E-state index in [2.05, 4.69) is 153 Å². The van der Waals surface area contributed by atoms with E-state index in [0.29, 0.717) is 123 Å². The number of carbonyl (C=O) groups excluding carboxylic acids is 13. The van der Waals surface area contributed by atoms with Crippen molar-refractivity contribution in [1.82, 2.24) is 0 Å². The summed E-state index contributed by atoms with van der Waals surface area (Å²) < 4.78 is 62.7. The number of carbonyl (C=O) groups is 13. The molecule has 0 aromatic heterocycles. The summed E-state index contributed by atoms with van der Waals surface area (Å²) in [6.07, 6.45) is 37.1. The van der Waals surface area contributed by atoms with Gasteiger partial charge in [0, 0.05) is 76.0 Å². The molecule has 0 aromatic carbocycles. The van der Waals surface area contributed by atoms with Crippen LogP contribution in [0.25, 0.3) is 0 Å². The summed E-state index contributed by atoms with van der Waals surface area (Å²) in [5.74, 6) is -2.04. The van der Waals surface area contributed by atoms with Crippen LogP contribution in [0.4, 0.5) is 0 Å². The first-order chi connectivity index (χ1) is 62.5. The first-order valence-electron chi connectivity index (χ1n) is 47.1. The first kappa shape index (κ1) is 148. The molecule has 0 heterocycles. The molecule has 0 aromatic rings. The van der Waals surface area contributed by atoms with E-state index >= 15 is 0 Å². The fourth-order valence-corrected chi connectivity index (χ4v) is 7.34.